The van der Waals surface area contributed by atoms with Gasteiger partial charge in [-0.2, -0.15) is 13.2 Å². The molecule has 1 aromatic carbocycles. The molecule has 0 aliphatic heterocycles. The van der Waals surface area contributed by atoms with Crippen LogP contribution in [0.25, 0.3) is 0 Å². The van der Waals surface area contributed by atoms with Crippen molar-refractivity contribution in [3.8, 4) is 5.75 Å². The summed E-state index contributed by atoms with van der Waals surface area (Å²) in [6.07, 6.45) is -4.50. The number of halogens is 3. The SMILES string of the molecule is CCNC(=NCC(O)COc1ccc(C(F)(F)F)cc1)NCCCOCCOC. The van der Waals surface area contributed by atoms with Gasteiger partial charge in [0, 0.05) is 26.8 Å². The molecule has 1 atom stereocenters. The predicted molar refractivity (Wildman–Crippen MR) is 104 cm³/mol. The van der Waals surface area contributed by atoms with E-state index in [4.69, 9.17) is 14.2 Å². The summed E-state index contributed by atoms with van der Waals surface area (Å²) in [5.74, 6) is 0.803. The highest BCUT2D eigenvalue weighted by Gasteiger charge is 2.30. The van der Waals surface area contributed by atoms with E-state index in [1.54, 1.807) is 7.11 Å². The maximum atomic E-state index is 12.5. The minimum absolute atomic E-state index is 0.0817. The van der Waals surface area contributed by atoms with Crippen molar-refractivity contribution >= 4 is 5.96 Å². The molecule has 1 aromatic rings. The summed E-state index contributed by atoms with van der Waals surface area (Å²) in [4.78, 5) is 4.27. The first-order valence-electron chi connectivity index (χ1n) is 9.43. The zero-order valence-electron chi connectivity index (χ0n) is 16.8. The highest BCUT2D eigenvalue weighted by atomic mass is 19.4. The summed E-state index contributed by atoms with van der Waals surface area (Å²) < 4.78 is 53.2. The van der Waals surface area contributed by atoms with Gasteiger partial charge in [0.05, 0.1) is 25.3 Å². The van der Waals surface area contributed by atoms with Crippen molar-refractivity contribution in [2.75, 3.05) is 53.2 Å². The van der Waals surface area contributed by atoms with Crippen LogP contribution in [0.1, 0.15) is 18.9 Å². The van der Waals surface area contributed by atoms with E-state index >= 15 is 0 Å². The molecule has 0 fully saturated rings. The molecule has 0 saturated carbocycles. The summed E-state index contributed by atoms with van der Waals surface area (Å²) in [6.45, 7) is 4.95. The van der Waals surface area contributed by atoms with E-state index in [1.165, 1.54) is 12.1 Å². The van der Waals surface area contributed by atoms with Crippen molar-refractivity contribution in [3.63, 3.8) is 0 Å². The molecule has 0 aliphatic carbocycles. The van der Waals surface area contributed by atoms with Crippen LogP contribution in [0, 0.1) is 0 Å². The lowest BCUT2D eigenvalue weighted by Crippen LogP contribution is -2.39. The standard InChI is InChI=1S/C19H30F3N3O4/c1-3-23-18(24-9-4-10-28-12-11-27-2)25-13-16(26)14-29-17-7-5-15(6-8-17)19(20,21)22/h5-8,16,26H,3-4,9-14H2,1-2H3,(H2,23,24,25). The second-order valence-corrected chi connectivity index (χ2v) is 6.09. The van der Waals surface area contributed by atoms with E-state index < -0.39 is 17.8 Å². The van der Waals surface area contributed by atoms with Gasteiger partial charge < -0.3 is 30.0 Å². The van der Waals surface area contributed by atoms with Gasteiger partial charge in [0.25, 0.3) is 0 Å². The highest BCUT2D eigenvalue weighted by molar-refractivity contribution is 5.79. The Morgan fingerprint density at radius 2 is 1.86 bits per heavy atom. The number of benzene rings is 1. The Morgan fingerprint density at radius 3 is 2.48 bits per heavy atom. The van der Waals surface area contributed by atoms with Gasteiger partial charge in [0.1, 0.15) is 18.5 Å². The maximum absolute atomic E-state index is 12.5. The van der Waals surface area contributed by atoms with E-state index in [1.807, 2.05) is 6.92 Å². The predicted octanol–water partition coefficient (Wildman–Crippen LogP) is 2.05. The maximum Gasteiger partial charge on any atom is 0.416 e. The number of aliphatic imine (C=N–C) groups is 1. The zero-order valence-corrected chi connectivity index (χ0v) is 16.8. The third-order valence-corrected chi connectivity index (χ3v) is 3.62. The Balaban J connectivity index is 2.33. The molecule has 0 spiro atoms. The first-order chi connectivity index (χ1) is 13.9. The quantitative estimate of drug-likeness (QED) is 0.257. The second-order valence-electron chi connectivity index (χ2n) is 6.09. The summed E-state index contributed by atoms with van der Waals surface area (Å²) >= 11 is 0. The van der Waals surface area contributed by atoms with Crippen LogP contribution in [0.5, 0.6) is 5.75 Å². The van der Waals surface area contributed by atoms with E-state index in [-0.39, 0.29) is 18.9 Å². The van der Waals surface area contributed by atoms with Gasteiger partial charge in [-0.05, 0) is 37.6 Å². The summed E-state index contributed by atoms with van der Waals surface area (Å²) in [6, 6.07) is 4.32. The number of ether oxygens (including phenoxy) is 3. The number of rotatable bonds is 13. The van der Waals surface area contributed by atoms with Crippen molar-refractivity contribution in [3.05, 3.63) is 29.8 Å². The van der Waals surface area contributed by atoms with E-state index in [2.05, 4.69) is 15.6 Å². The lowest BCUT2D eigenvalue weighted by molar-refractivity contribution is -0.137. The Bertz CT molecular complexity index is 583. The van der Waals surface area contributed by atoms with Gasteiger partial charge in [0.2, 0.25) is 0 Å². The summed E-state index contributed by atoms with van der Waals surface area (Å²) in [7, 11) is 1.62. The molecule has 0 aliphatic rings. The molecule has 0 bridgehead atoms. The van der Waals surface area contributed by atoms with Gasteiger partial charge in [-0.15, -0.1) is 0 Å². The molecular weight excluding hydrogens is 391 g/mol. The van der Waals surface area contributed by atoms with Crippen molar-refractivity contribution in [2.45, 2.75) is 25.6 Å². The van der Waals surface area contributed by atoms with Crippen LogP contribution in [0.3, 0.4) is 0 Å². The highest BCUT2D eigenvalue weighted by Crippen LogP contribution is 2.30. The Hall–Kier alpha value is -2.04. The molecule has 0 saturated heterocycles. The fraction of sp³-hybridized carbons (Fsp3) is 0.632. The average Bonchev–Trinajstić information content (AvgIpc) is 2.69. The van der Waals surface area contributed by atoms with Gasteiger partial charge >= 0.3 is 6.18 Å². The smallest absolute Gasteiger partial charge is 0.416 e. The molecule has 0 heterocycles. The number of methoxy groups -OCH3 is 1. The molecule has 0 radical (unpaired) electrons. The van der Waals surface area contributed by atoms with Gasteiger partial charge in [0.15, 0.2) is 5.96 Å². The van der Waals surface area contributed by atoms with Gasteiger partial charge in [-0.3, -0.25) is 4.99 Å². The number of nitrogens with zero attached hydrogens (tertiary/aromatic N) is 1. The van der Waals surface area contributed by atoms with Crippen LogP contribution in [0.2, 0.25) is 0 Å². The largest absolute Gasteiger partial charge is 0.491 e. The zero-order chi connectivity index (χ0) is 21.5. The van der Waals surface area contributed by atoms with Crippen LogP contribution in [0.15, 0.2) is 29.3 Å². The van der Waals surface area contributed by atoms with E-state index in [0.29, 0.717) is 38.9 Å². The second kappa shape index (κ2) is 14.0. The lowest BCUT2D eigenvalue weighted by atomic mass is 10.2. The van der Waals surface area contributed by atoms with Crippen LogP contribution >= 0.6 is 0 Å². The van der Waals surface area contributed by atoms with Crippen LogP contribution in [0.4, 0.5) is 13.2 Å². The van der Waals surface area contributed by atoms with Crippen molar-refractivity contribution in [2.24, 2.45) is 4.99 Å². The van der Waals surface area contributed by atoms with Gasteiger partial charge in [-0.1, -0.05) is 0 Å². The van der Waals surface area contributed by atoms with Gasteiger partial charge in [-0.25, -0.2) is 0 Å². The van der Waals surface area contributed by atoms with E-state index in [0.717, 1.165) is 18.6 Å². The Labute approximate surface area is 169 Å². The monoisotopic (exact) mass is 421 g/mol. The molecule has 0 amide bonds. The number of nitrogens with one attached hydrogen (secondary N) is 2. The fourth-order valence-electron chi connectivity index (χ4n) is 2.15. The molecule has 7 nitrogen and oxygen atoms in total. The first kappa shape index (κ1) is 25.0. The minimum Gasteiger partial charge on any atom is -0.491 e. The molecule has 166 valence electrons. The summed E-state index contributed by atoms with van der Waals surface area (Å²) in [5, 5.41) is 16.2. The molecule has 1 rings (SSSR count). The van der Waals surface area contributed by atoms with Crippen LogP contribution in [-0.4, -0.2) is 70.3 Å². The number of hydrogen-bond acceptors (Lipinski definition) is 5. The normalized spacial score (nSPS) is 13.2. The minimum atomic E-state index is -4.39. The average molecular weight is 421 g/mol. The topological polar surface area (TPSA) is 84.3 Å². The number of aliphatic hydroxyl groups is 1. The molecule has 3 N–H and O–H groups in total. The fourth-order valence-corrected chi connectivity index (χ4v) is 2.15. The molecule has 29 heavy (non-hydrogen) atoms. The van der Waals surface area contributed by atoms with Crippen molar-refractivity contribution < 1.29 is 32.5 Å². The van der Waals surface area contributed by atoms with Crippen LogP contribution in [-0.2, 0) is 15.7 Å². The molecule has 0 aromatic heterocycles. The summed E-state index contributed by atoms with van der Waals surface area (Å²) in [5.41, 5.74) is -0.750. The Kier molecular flexibility index (Phi) is 12.1. The number of alkyl halides is 3. The number of guanidine groups is 1. The van der Waals surface area contributed by atoms with Crippen molar-refractivity contribution in [1.29, 1.82) is 0 Å². The molecule has 10 heteroatoms. The Morgan fingerprint density at radius 1 is 1.14 bits per heavy atom. The number of hydrogen-bond donors (Lipinski definition) is 3. The third kappa shape index (κ3) is 11.5. The van der Waals surface area contributed by atoms with Crippen molar-refractivity contribution in [1.82, 2.24) is 10.6 Å². The molecular formula is C19H30F3N3O4. The first-order valence-corrected chi connectivity index (χ1v) is 9.43. The van der Waals surface area contributed by atoms with Crippen LogP contribution < -0.4 is 15.4 Å². The molecule has 1 unspecified atom stereocenters. The lowest BCUT2D eigenvalue weighted by Gasteiger charge is -2.14. The third-order valence-electron chi connectivity index (χ3n) is 3.62. The number of aliphatic hydroxyl groups excluding tert-OH is 1. The van der Waals surface area contributed by atoms with E-state index in [9.17, 15) is 18.3 Å².